The van der Waals surface area contributed by atoms with E-state index in [0.29, 0.717) is 11.5 Å². The van der Waals surface area contributed by atoms with Crippen molar-refractivity contribution in [1.29, 1.82) is 0 Å². The van der Waals surface area contributed by atoms with Crippen LogP contribution in [-0.2, 0) is 17.6 Å². The van der Waals surface area contributed by atoms with Crippen LogP contribution >= 0.6 is 0 Å². The van der Waals surface area contributed by atoms with Crippen molar-refractivity contribution in [1.82, 2.24) is 15.0 Å². The van der Waals surface area contributed by atoms with Gasteiger partial charge in [-0.05, 0) is 12.5 Å². The summed E-state index contributed by atoms with van der Waals surface area (Å²) in [6.07, 6.45) is 4.22. The van der Waals surface area contributed by atoms with Gasteiger partial charge in [-0.25, -0.2) is 4.98 Å². The van der Waals surface area contributed by atoms with Crippen LogP contribution in [0.15, 0.2) is 18.5 Å². The Labute approximate surface area is 109 Å². The number of rotatable bonds is 5. The molecule has 7 nitrogen and oxygen atoms in total. The van der Waals surface area contributed by atoms with Gasteiger partial charge < -0.3 is 21.0 Å². The summed E-state index contributed by atoms with van der Waals surface area (Å²) in [5, 5.41) is 2.65. The van der Waals surface area contributed by atoms with Crippen LogP contribution in [0.3, 0.4) is 0 Å². The second kappa shape index (κ2) is 5.38. The van der Waals surface area contributed by atoms with Crippen molar-refractivity contribution < 1.29 is 9.59 Å². The number of imidazole rings is 1. The third-order valence-corrected chi connectivity index (χ3v) is 2.62. The minimum atomic E-state index is -0.570. The van der Waals surface area contributed by atoms with Crippen molar-refractivity contribution in [2.45, 2.75) is 19.8 Å². The van der Waals surface area contributed by atoms with Crippen LogP contribution in [0.4, 0.5) is 5.69 Å². The lowest BCUT2D eigenvalue weighted by Crippen LogP contribution is -2.15. The molecule has 2 heterocycles. The first-order valence-corrected chi connectivity index (χ1v) is 5.89. The lowest BCUT2D eigenvalue weighted by molar-refractivity contribution is -0.115. The van der Waals surface area contributed by atoms with Crippen LogP contribution in [0.2, 0.25) is 0 Å². The topological polar surface area (TPSA) is 117 Å². The average Bonchev–Trinajstić information content (AvgIpc) is 2.98. The van der Waals surface area contributed by atoms with Crippen molar-refractivity contribution in [2.24, 2.45) is 5.73 Å². The standard InChI is InChI=1S/C12H15N5O2/c1-2-7-5-15-10(16-7)4-11(18)17-8-3-9(12(13)19)14-6-8/h3,5-6,14H,2,4H2,1H3,(H2,13,19)(H,15,16)(H,17,18). The van der Waals surface area contributed by atoms with Crippen molar-refractivity contribution in [3.8, 4) is 0 Å². The van der Waals surface area contributed by atoms with Crippen LogP contribution in [0, 0.1) is 0 Å². The number of hydrogen-bond donors (Lipinski definition) is 4. The minimum absolute atomic E-state index is 0.150. The molecule has 0 saturated carbocycles. The predicted octanol–water partition coefficient (Wildman–Crippen LogP) is 0.580. The first-order valence-electron chi connectivity index (χ1n) is 5.89. The number of nitrogens with zero attached hydrogens (tertiary/aromatic N) is 1. The van der Waals surface area contributed by atoms with E-state index in [2.05, 4.69) is 20.3 Å². The number of amides is 2. The lowest BCUT2D eigenvalue weighted by Gasteiger charge is -2.00. The summed E-state index contributed by atoms with van der Waals surface area (Å²) in [5.41, 5.74) is 6.84. The van der Waals surface area contributed by atoms with E-state index in [1.807, 2.05) is 6.92 Å². The van der Waals surface area contributed by atoms with Gasteiger partial charge in [-0.15, -0.1) is 0 Å². The maximum atomic E-state index is 11.8. The molecule has 0 atom stereocenters. The van der Waals surface area contributed by atoms with Crippen LogP contribution < -0.4 is 11.1 Å². The number of aromatic amines is 2. The molecule has 2 aromatic rings. The maximum absolute atomic E-state index is 11.8. The third-order valence-electron chi connectivity index (χ3n) is 2.62. The highest BCUT2D eigenvalue weighted by Crippen LogP contribution is 2.09. The number of carbonyl (C=O) groups is 2. The molecule has 0 aliphatic heterocycles. The largest absolute Gasteiger partial charge is 0.364 e. The van der Waals surface area contributed by atoms with Crippen LogP contribution in [-0.4, -0.2) is 26.8 Å². The Bertz CT molecular complexity index is 599. The van der Waals surface area contributed by atoms with Crippen LogP contribution in [0.5, 0.6) is 0 Å². The molecule has 0 aromatic carbocycles. The van der Waals surface area contributed by atoms with E-state index in [1.54, 1.807) is 6.20 Å². The summed E-state index contributed by atoms with van der Waals surface area (Å²) in [6, 6.07) is 1.49. The molecular formula is C12H15N5O2. The van der Waals surface area contributed by atoms with Crippen molar-refractivity contribution in [3.05, 3.63) is 35.7 Å². The summed E-state index contributed by atoms with van der Waals surface area (Å²) < 4.78 is 0. The molecule has 7 heteroatoms. The number of H-pyrrole nitrogens is 2. The van der Waals surface area contributed by atoms with Gasteiger partial charge in [-0.1, -0.05) is 6.92 Å². The number of primary amides is 1. The second-order valence-electron chi connectivity index (χ2n) is 4.10. The van der Waals surface area contributed by atoms with Crippen molar-refractivity contribution in [2.75, 3.05) is 5.32 Å². The third kappa shape index (κ3) is 3.21. The predicted molar refractivity (Wildman–Crippen MR) is 69.6 cm³/mol. The van der Waals surface area contributed by atoms with Gasteiger partial charge in [0.05, 0.1) is 12.1 Å². The molecule has 0 bridgehead atoms. The highest BCUT2D eigenvalue weighted by Gasteiger charge is 2.09. The first-order chi connectivity index (χ1) is 9.08. The fraction of sp³-hybridized carbons (Fsp3) is 0.250. The molecular weight excluding hydrogens is 246 g/mol. The molecule has 2 amide bonds. The maximum Gasteiger partial charge on any atom is 0.265 e. The van der Waals surface area contributed by atoms with E-state index < -0.39 is 5.91 Å². The summed E-state index contributed by atoms with van der Waals surface area (Å²) in [5.74, 6) is -0.175. The summed E-state index contributed by atoms with van der Waals surface area (Å²) >= 11 is 0. The fourth-order valence-electron chi connectivity index (χ4n) is 1.64. The van der Waals surface area contributed by atoms with Crippen molar-refractivity contribution >= 4 is 17.5 Å². The molecule has 5 N–H and O–H groups in total. The number of nitrogens with two attached hydrogens (primary N) is 1. The normalized spacial score (nSPS) is 10.4. The van der Waals surface area contributed by atoms with Gasteiger partial charge in [0, 0.05) is 18.1 Å². The number of hydrogen-bond acceptors (Lipinski definition) is 3. The molecule has 0 saturated heterocycles. The summed E-state index contributed by atoms with van der Waals surface area (Å²) in [7, 11) is 0. The van der Waals surface area contributed by atoms with Gasteiger partial charge in [0.15, 0.2) is 0 Å². The summed E-state index contributed by atoms with van der Waals surface area (Å²) in [4.78, 5) is 32.5. The Hall–Kier alpha value is -2.57. The van der Waals surface area contributed by atoms with E-state index in [1.165, 1.54) is 12.3 Å². The molecule has 0 aliphatic rings. The molecule has 2 rings (SSSR count). The SMILES string of the molecule is CCc1cnc(CC(=O)Nc2c[nH]c(C(N)=O)c2)[nH]1. The second-order valence-corrected chi connectivity index (χ2v) is 4.10. The molecule has 100 valence electrons. The van der Waals surface area contributed by atoms with Gasteiger partial charge in [-0.3, -0.25) is 9.59 Å². The quantitative estimate of drug-likeness (QED) is 0.630. The Morgan fingerprint density at radius 3 is 2.84 bits per heavy atom. The van der Waals surface area contributed by atoms with E-state index in [9.17, 15) is 9.59 Å². The van der Waals surface area contributed by atoms with Gasteiger partial charge >= 0.3 is 0 Å². The number of anilines is 1. The average molecular weight is 261 g/mol. The number of nitrogens with one attached hydrogen (secondary N) is 3. The molecule has 0 radical (unpaired) electrons. The van der Waals surface area contributed by atoms with Crippen molar-refractivity contribution in [3.63, 3.8) is 0 Å². The number of aromatic nitrogens is 3. The van der Waals surface area contributed by atoms with Gasteiger partial charge in [-0.2, -0.15) is 0 Å². The highest BCUT2D eigenvalue weighted by atomic mass is 16.2. The Morgan fingerprint density at radius 1 is 1.47 bits per heavy atom. The van der Waals surface area contributed by atoms with E-state index in [0.717, 1.165) is 12.1 Å². The van der Waals surface area contributed by atoms with E-state index in [-0.39, 0.29) is 18.0 Å². The van der Waals surface area contributed by atoms with E-state index in [4.69, 9.17) is 5.73 Å². The molecule has 2 aromatic heterocycles. The molecule has 19 heavy (non-hydrogen) atoms. The molecule has 0 fully saturated rings. The lowest BCUT2D eigenvalue weighted by atomic mass is 10.3. The zero-order valence-corrected chi connectivity index (χ0v) is 10.5. The zero-order valence-electron chi connectivity index (χ0n) is 10.5. The Balaban J connectivity index is 1.95. The fourth-order valence-corrected chi connectivity index (χ4v) is 1.64. The van der Waals surface area contributed by atoms with E-state index >= 15 is 0 Å². The number of aryl methyl sites for hydroxylation is 1. The molecule has 0 spiro atoms. The monoisotopic (exact) mass is 261 g/mol. The van der Waals surface area contributed by atoms with Gasteiger partial charge in [0.2, 0.25) is 5.91 Å². The molecule has 0 aliphatic carbocycles. The minimum Gasteiger partial charge on any atom is -0.364 e. The molecule has 0 unspecified atom stereocenters. The smallest absolute Gasteiger partial charge is 0.265 e. The Kier molecular flexibility index (Phi) is 3.65. The number of carbonyl (C=O) groups excluding carboxylic acids is 2. The first kappa shape index (κ1) is 12.9. The van der Waals surface area contributed by atoms with Crippen LogP contribution in [0.25, 0.3) is 0 Å². The highest BCUT2D eigenvalue weighted by molar-refractivity contribution is 5.95. The zero-order chi connectivity index (χ0) is 13.8. The van der Waals surface area contributed by atoms with Gasteiger partial charge in [0.1, 0.15) is 11.5 Å². The Morgan fingerprint density at radius 2 is 2.26 bits per heavy atom. The summed E-state index contributed by atoms with van der Waals surface area (Å²) in [6.45, 7) is 2.00. The van der Waals surface area contributed by atoms with Gasteiger partial charge in [0.25, 0.3) is 5.91 Å². The van der Waals surface area contributed by atoms with Crippen LogP contribution in [0.1, 0.15) is 28.9 Å².